The third-order valence-electron chi connectivity index (χ3n) is 5.57. The quantitative estimate of drug-likeness (QED) is 0.491. The standard InChI is InChI=1S/C21H24N6O.ClH/c1-2-6-21(27-23-17-7-3-4-8-18(17)24-27)26-13-11-25(12-14-26)19-9-5-10-20-16(19)15-22-28-20;/h3-5,7-10,15,21H,2,6,11-14H2,1H3;1H. The molecule has 7 nitrogen and oxygen atoms in total. The van der Waals surface area contributed by atoms with Crippen molar-refractivity contribution in [3.8, 4) is 0 Å². The van der Waals surface area contributed by atoms with Gasteiger partial charge < -0.3 is 9.42 Å². The molecule has 0 bridgehead atoms. The SMILES string of the molecule is CCCC(N1CCN(c2cccc3oncc23)CC1)n1nc2ccccc2n1.Cl. The summed E-state index contributed by atoms with van der Waals surface area (Å²) in [6.45, 7) is 6.10. The van der Waals surface area contributed by atoms with Gasteiger partial charge in [0.25, 0.3) is 0 Å². The summed E-state index contributed by atoms with van der Waals surface area (Å²) < 4.78 is 5.32. The molecule has 1 atom stereocenters. The second kappa shape index (κ2) is 8.39. The lowest BCUT2D eigenvalue weighted by atomic mass is 10.1. The maximum atomic E-state index is 5.32. The number of aromatic nitrogens is 4. The molecule has 4 aromatic rings. The Morgan fingerprint density at radius 3 is 2.38 bits per heavy atom. The molecule has 3 heterocycles. The summed E-state index contributed by atoms with van der Waals surface area (Å²) in [4.78, 5) is 6.85. The van der Waals surface area contributed by atoms with Crippen molar-refractivity contribution in [1.82, 2.24) is 25.1 Å². The van der Waals surface area contributed by atoms with E-state index in [0.717, 1.165) is 61.0 Å². The zero-order valence-corrected chi connectivity index (χ0v) is 17.3. The fourth-order valence-corrected chi connectivity index (χ4v) is 4.13. The van der Waals surface area contributed by atoms with Gasteiger partial charge in [-0.15, -0.1) is 12.4 Å². The summed E-state index contributed by atoms with van der Waals surface area (Å²) in [7, 11) is 0. The van der Waals surface area contributed by atoms with Crippen molar-refractivity contribution >= 4 is 40.1 Å². The Morgan fingerprint density at radius 2 is 1.69 bits per heavy atom. The Kier molecular flexibility index (Phi) is 5.69. The van der Waals surface area contributed by atoms with Crippen molar-refractivity contribution in [1.29, 1.82) is 0 Å². The van der Waals surface area contributed by atoms with E-state index in [1.165, 1.54) is 5.69 Å². The van der Waals surface area contributed by atoms with E-state index in [1.807, 2.05) is 47.4 Å². The highest BCUT2D eigenvalue weighted by molar-refractivity contribution is 5.90. The molecule has 0 saturated carbocycles. The first-order chi connectivity index (χ1) is 13.8. The molecule has 152 valence electrons. The number of hydrogen-bond acceptors (Lipinski definition) is 6. The summed E-state index contributed by atoms with van der Waals surface area (Å²) in [6.07, 6.45) is 4.16. The Morgan fingerprint density at radius 1 is 0.966 bits per heavy atom. The van der Waals surface area contributed by atoms with Crippen molar-refractivity contribution < 1.29 is 4.52 Å². The lowest BCUT2D eigenvalue weighted by Gasteiger charge is -2.39. The van der Waals surface area contributed by atoms with Gasteiger partial charge in [0.1, 0.15) is 17.2 Å². The number of anilines is 1. The van der Waals surface area contributed by atoms with Crippen molar-refractivity contribution in [2.24, 2.45) is 0 Å². The number of piperazine rings is 1. The molecule has 2 aromatic heterocycles. The molecule has 0 aliphatic carbocycles. The van der Waals surface area contributed by atoms with E-state index in [4.69, 9.17) is 14.7 Å². The molecule has 1 saturated heterocycles. The summed E-state index contributed by atoms with van der Waals surface area (Å²) in [5, 5.41) is 14.5. The highest BCUT2D eigenvalue weighted by Gasteiger charge is 2.27. The maximum absolute atomic E-state index is 5.32. The number of rotatable bonds is 5. The zero-order chi connectivity index (χ0) is 18.9. The van der Waals surface area contributed by atoms with E-state index in [2.05, 4.69) is 27.9 Å². The number of nitrogens with zero attached hydrogens (tertiary/aromatic N) is 6. The minimum absolute atomic E-state index is 0. The molecule has 1 unspecified atom stereocenters. The second-order valence-electron chi connectivity index (χ2n) is 7.32. The number of benzene rings is 2. The third kappa shape index (κ3) is 3.68. The van der Waals surface area contributed by atoms with Crippen LogP contribution < -0.4 is 4.90 Å². The van der Waals surface area contributed by atoms with Crippen LogP contribution in [0.5, 0.6) is 0 Å². The first-order valence-electron chi connectivity index (χ1n) is 9.97. The molecule has 0 amide bonds. The molecule has 2 aromatic carbocycles. The molecule has 0 spiro atoms. The van der Waals surface area contributed by atoms with E-state index in [1.54, 1.807) is 0 Å². The van der Waals surface area contributed by atoms with Crippen LogP contribution in [-0.2, 0) is 0 Å². The fraction of sp³-hybridized carbons (Fsp3) is 0.381. The minimum atomic E-state index is 0. The summed E-state index contributed by atoms with van der Waals surface area (Å²) in [6, 6.07) is 14.2. The van der Waals surface area contributed by atoms with Gasteiger partial charge in [-0.3, -0.25) is 4.90 Å². The van der Waals surface area contributed by atoms with Crippen molar-refractivity contribution in [2.45, 2.75) is 25.9 Å². The molecule has 0 N–H and O–H groups in total. The Balaban J connectivity index is 0.00000205. The maximum Gasteiger partial charge on any atom is 0.168 e. The normalized spacial score (nSPS) is 16.2. The Bertz CT molecular complexity index is 1050. The monoisotopic (exact) mass is 412 g/mol. The van der Waals surface area contributed by atoms with Gasteiger partial charge in [0.05, 0.1) is 11.6 Å². The van der Waals surface area contributed by atoms with Crippen LogP contribution in [0.2, 0.25) is 0 Å². The molecule has 5 rings (SSSR count). The van der Waals surface area contributed by atoms with Crippen molar-refractivity contribution in [3.63, 3.8) is 0 Å². The van der Waals surface area contributed by atoms with Gasteiger partial charge in [0.2, 0.25) is 0 Å². The zero-order valence-electron chi connectivity index (χ0n) is 16.4. The average molecular weight is 413 g/mol. The predicted molar refractivity (Wildman–Crippen MR) is 117 cm³/mol. The third-order valence-corrected chi connectivity index (χ3v) is 5.57. The Labute approximate surface area is 175 Å². The van der Waals surface area contributed by atoms with Gasteiger partial charge in [-0.1, -0.05) is 36.7 Å². The van der Waals surface area contributed by atoms with E-state index < -0.39 is 0 Å². The van der Waals surface area contributed by atoms with Crippen molar-refractivity contribution in [3.05, 3.63) is 48.7 Å². The lowest BCUT2D eigenvalue weighted by Crippen LogP contribution is -2.49. The van der Waals surface area contributed by atoms with Crippen molar-refractivity contribution in [2.75, 3.05) is 31.1 Å². The molecule has 1 aliphatic rings. The van der Waals surface area contributed by atoms with Gasteiger partial charge in [-0.05, 0) is 30.7 Å². The fourth-order valence-electron chi connectivity index (χ4n) is 4.13. The predicted octanol–water partition coefficient (Wildman–Crippen LogP) is 4.12. The van der Waals surface area contributed by atoms with Crippen LogP contribution >= 0.6 is 12.4 Å². The van der Waals surface area contributed by atoms with Crippen LogP contribution in [0.3, 0.4) is 0 Å². The molecule has 0 radical (unpaired) electrons. The molecular weight excluding hydrogens is 388 g/mol. The summed E-state index contributed by atoms with van der Waals surface area (Å²) in [5.41, 5.74) is 3.97. The van der Waals surface area contributed by atoms with E-state index in [0.29, 0.717) is 0 Å². The van der Waals surface area contributed by atoms with Gasteiger partial charge in [-0.25, -0.2) is 0 Å². The molecule has 8 heteroatoms. The summed E-state index contributed by atoms with van der Waals surface area (Å²) >= 11 is 0. The minimum Gasteiger partial charge on any atom is -0.368 e. The van der Waals surface area contributed by atoms with Gasteiger partial charge >= 0.3 is 0 Å². The van der Waals surface area contributed by atoms with E-state index in [9.17, 15) is 0 Å². The summed E-state index contributed by atoms with van der Waals surface area (Å²) in [5.74, 6) is 0. The average Bonchev–Trinajstić information content (AvgIpc) is 3.38. The number of halogens is 1. The highest BCUT2D eigenvalue weighted by atomic mass is 35.5. The van der Waals surface area contributed by atoms with Crippen LogP contribution in [0.4, 0.5) is 5.69 Å². The van der Waals surface area contributed by atoms with Crippen LogP contribution in [0, 0.1) is 0 Å². The lowest BCUT2D eigenvalue weighted by molar-refractivity contribution is 0.0985. The van der Waals surface area contributed by atoms with Gasteiger partial charge in [-0.2, -0.15) is 15.0 Å². The van der Waals surface area contributed by atoms with Crippen LogP contribution in [0.1, 0.15) is 25.9 Å². The van der Waals surface area contributed by atoms with E-state index in [-0.39, 0.29) is 18.6 Å². The van der Waals surface area contributed by atoms with Crippen LogP contribution in [0.15, 0.2) is 53.2 Å². The first-order valence-corrected chi connectivity index (χ1v) is 9.97. The second-order valence-corrected chi connectivity index (χ2v) is 7.32. The Hall–Kier alpha value is -2.64. The van der Waals surface area contributed by atoms with Gasteiger partial charge in [0, 0.05) is 31.9 Å². The number of fused-ring (bicyclic) bond motifs is 2. The largest absolute Gasteiger partial charge is 0.368 e. The molecule has 1 aliphatic heterocycles. The smallest absolute Gasteiger partial charge is 0.168 e. The first kappa shape index (κ1) is 19.7. The molecule has 1 fully saturated rings. The number of hydrogen-bond donors (Lipinski definition) is 0. The van der Waals surface area contributed by atoms with Crippen LogP contribution in [-0.4, -0.2) is 51.2 Å². The van der Waals surface area contributed by atoms with E-state index >= 15 is 0 Å². The topological polar surface area (TPSA) is 63.2 Å². The highest BCUT2D eigenvalue weighted by Crippen LogP contribution is 2.29. The molecular formula is C21H25ClN6O. The van der Waals surface area contributed by atoms with Crippen LogP contribution in [0.25, 0.3) is 22.0 Å². The molecule has 29 heavy (non-hydrogen) atoms. The van der Waals surface area contributed by atoms with Gasteiger partial charge in [0.15, 0.2) is 5.58 Å².